The molecule has 0 radical (unpaired) electrons. The number of oxazole rings is 1. The largest absolute Gasteiger partial charge is 0.428 e. The molecule has 1 aromatic heterocycles. The zero-order valence-corrected chi connectivity index (χ0v) is 8.86. The van der Waals surface area contributed by atoms with Crippen LogP contribution in [-0.2, 0) is 9.84 Å². The van der Waals surface area contributed by atoms with Gasteiger partial charge in [0.1, 0.15) is 11.3 Å². The molecule has 2 aromatic rings. The third kappa shape index (κ3) is 1.70. The highest BCUT2D eigenvalue weighted by Crippen LogP contribution is 2.21. The number of anilines is 1. The van der Waals surface area contributed by atoms with E-state index < -0.39 is 20.8 Å². The SMILES string of the molecule is N#CCS(=O)(=O)c1nc2ccc(N)cc2o1. The van der Waals surface area contributed by atoms with Crippen molar-refractivity contribution in [3.63, 3.8) is 0 Å². The number of hydrogen-bond acceptors (Lipinski definition) is 6. The fraction of sp³-hybridized carbons (Fsp3) is 0.111. The number of nitrogens with zero attached hydrogens (tertiary/aromatic N) is 2. The summed E-state index contributed by atoms with van der Waals surface area (Å²) in [7, 11) is -3.76. The first-order valence-corrected chi connectivity index (χ1v) is 5.94. The number of nitriles is 1. The van der Waals surface area contributed by atoms with Gasteiger partial charge < -0.3 is 10.2 Å². The standard InChI is InChI=1S/C9H7N3O3S/c10-3-4-16(13,14)9-12-7-2-1-6(11)5-8(7)15-9/h1-2,5H,4,11H2. The monoisotopic (exact) mass is 237 g/mol. The summed E-state index contributed by atoms with van der Waals surface area (Å²) in [6, 6.07) is 6.17. The van der Waals surface area contributed by atoms with E-state index in [-0.39, 0.29) is 5.58 Å². The van der Waals surface area contributed by atoms with Gasteiger partial charge in [-0.1, -0.05) is 0 Å². The van der Waals surface area contributed by atoms with Crippen LogP contribution in [0.15, 0.2) is 27.8 Å². The number of nitrogens with two attached hydrogens (primary N) is 1. The van der Waals surface area contributed by atoms with Crippen molar-refractivity contribution in [3.8, 4) is 6.07 Å². The lowest BCUT2D eigenvalue weighted by molar-refractivity contribution is 0.460. The molecule has 0 amide bonds. The lowest BCUT2D eigenvalue weighted by Gasteiger charge is -1.90. The summed E-state index contributed by atoms with van der Waals surface area (Å²) in [6.45, 7) is 0. The number of sulfone groups is 1. The lowest BCUT2D eigenvalue weighted by atomic mass is 10.3. The quantitative estimate of drug-likeness (QED) is 0.770. The number of rotatable bonds is 2. The van der Waals surface area contributed by atoms with Crippen LogP contribution >= 0.6 is 0 Å². The van der Waals surface area contributed by atoms with E-state index in [0.29, 0.717) is 11.2 Å². The van der Waals surface area contributed by atoms with Crippen molar-refractivity contribution in [2.24, 2.45) is 0 Å². The summed E-state index contributed by atoms with van der Waals surface area (Å²) < 4.78 is 28.0. The summed E-state index contributed by atoms with van der Waals surface area (Å²) in [5.74, 6) is -0.657. The van der Waals surface area contributed by atoms with Crippen molar-refractivity contribution in [1.82, 2.24) is 4.98 Å². The fourth-order valence-corrected chi connectivity index (χ4v) is 1.95. The van der Waals surface area contributed by atoms with Gasteiger partial charge in [-0.3, -0.25) is 0 Å². The molecule has 0 spiro atoms. The minimum absolute atomic E-state index is 0.288. The molecule has 0 unspecified atom stereocenters. The summed E-state index contributed by atoms with van der Waals surface area (Å²) in [4.78, 5) is 3.78. The Morgan fingerprint density at radius 1 is 1.50 bits per heavy atom. The van der Waals surface area contributed by atoms with E-state index in [1.54, 1.807) is 18.2 Å². The molecule has 0 saturated carbocycles. The predicted molar refractivity (Wildman–Crippen MR) is 56.1 cm³/mol. The van der Waals surface area contributed by atoms with Crippen LogP contribution in [0.1, 0.15) is 0 Å². The molecular formula is C9H7N3O3S. The molecule has 0 atom stereocenters. The number of benzene rings is 1. The second-order valence-corrected chi connectivity index (χ2v) is 4.99. The van der Waals surface area contributed by atoms with Crippen molar-refractivity contribution < 1.29 is 12.8 Å². The lowest BCUT2D eigenvalue weighted by Crippen LogP contribution is -2.04. The van der Waals surface area contributed by atoms with Crippen molar-refractivity contribution >= 4 is 26.6 Å². The Balaban J connectivity index is 2.61. The summed E-state index contributed by atoms with van der Waals surface area (Å²) >= 11 is 0. The van der Waals surface area contributed by atoms with Crippen LogP contribution in [0.3, 0.4) is 0 Å². The predicted octanol–water partition coefficient (Wildman–Crippen LogP) is 0.707. The topological polar surface area (TPSA) is 110 Å². The molecule has 0 aliphatic rings. The van der Waals surface area contributed by atoms with Gasteiger partial charge in [-0.15, -0.1) is 0 Å². The highest BCUT2D eigenvalue weighted by Gasteiger charge is 2.21. The Bertz CT molecular complexity index is 682. The van der Waals surface area contributed by atoms with Crippen LogP contribution in [-0.4, -0.2) is 19.2 Å². The highest BCUT2D eigenvalue weighted by molar-refractivity contribution is 7.91. The number of aromatic nitrogens is 1. The van der Waals surface area contributed by atoms with Crippen LogP contribution < -0.4 is 5.73 Å². The Labute approximate surface area is 91.2 Å². The molecule has 16 heavy (non-hydrogen) atoms. The van der Waals surface area contributed by atoms with E-state index in [0.717, 1.165) is 0 Å². The van der Waals surface area contributed by atoms with Crippen molar-refractivity contribution in [1.29, 1.82) is 5.26 Å². The Morgan fingerprint density at radius 3 is 2.94 bits per heavy atom. The molecule has 0 fully saturated rings. The number of nitrogen functional groups attached to an aromatic ring is 1. The molecule has 0 aliphatic heterocycles. The van der Waals surface area contributed by atoms with E-state index in [1.165, 1.54) is 6.07 Å². The van der Waals surface area contributed by atoms with Crippen molar-refractivity contribution in [3.05, 3.63) is 18.2 Å². The maximum Gasteiger partial charge on any atom is 0.317 e. The smallest absolute Gasteiger partial charge is 0.317 e. The van der Waals surface area contributed by atoms with Gasteiger partial charge in [-0.05, 0) is 12.1 Å². The second-order valence-electron chi connectivity index (χ2n) is 3.12. The van der Waals surface area contributed by atoms with E-state index in [4.69, 9.17) is 15.4 Å². The van der Waals surface area contributed by atoms with Crippen LogP contribution in [0.5, 0.6) is 0 Å². The fourth-order valence-electron chi connectivity index (χ4n) is 1.20. The van der Waals surface area contributed by atoms with E-state index in [2.05, 4.69) is 4.98 Å². The van der Waals surface area contributed by atoms with E-state index in [9.17, 15) is 8.42 Å². The first-order chi connectivity index (χ1) is 7.53. The van der Waals surface area contributed by atoms with E-state index in [1.807, 2.05) is 0 Å². The summed E-state index contributed by atoms with van der Waals surface area (Å²) in [5.41, 5.74) is 6.65. The minimum atomic E-state index is -3.76. The number of hydrogen-bond donors (Lipinski definition) is 1. The van der Waals surface area contributed by atoms with E-state index >= 15 is 0 Å². The van der Waals surface area contributed by atoms with Crippen molar-refractivity contribution in [2.75, 3.05) is 11.5 Å². The Hall–Kier alpha value is -2.07. The molecular weight excluding hydrogens is 230 g/mol. The first-order valence-electron chi connectivity index (χ1n) is 4.29. The van der Waals surface area contributed by atoms with Gasteiger partial charge in [-0.25, -0.2) is 8.42 Å². The van der Waals surface area contributed by atoms with Crippen molar-refractivity contribution in [2.45, 2.75) is 5.22 Å². The van der Waals surface area contributed by atoms with Gasteiger partial charge in [0.25, 0.3) is 0 Å². The normalized spacial score (nSPS) is 11.4. The van der Waals surface area contributed by atoms with Gasteiger partial charge in [0.2, 0.25) is 9.84 Å². The minimum Gasteiger partial charge on any atom is -0.428 e. The summed E-state index contributed by atoms with van der Waals surface area (Å²) in [5, 5.41) is 7.91. The zero-order chi connectivity index (χ0) is 11.8. The Kier molecular flexibility index (Phi) is 2.29. The van der Waals surface area contributed by atoms with Crippen LogP contribution in [0.2, 0.25) is 0 Å². The maximum atomic E-state index is 11.5. The molecule has 7 heteroatoms. The van der Waals surface area contributed by atoms with Gasteiger partial charge >= 0.3 is 5.22 Å². The second kappa shape index (κ2) is 3.50. The average molecular weight is 237 g/mol. The Morgan fingerprint density at radius 2 is 2.25 bits per heavy atom. The van der Waals surface area contributed by atoms with Crippen LogP contribution in [0, 0.1) is 11.3 Å². The molecule has 2 N–H and O–H groups in total. The molecule has 82 valence electrons. The third-order valence-corrected chi connectivity index (χ3v) is 3.13. The number of fused-ring (bicyclic) bond motifs is 1. The molecule has 1 heterocycles. The zero-order valence-electron chi connectivity index (χ0n) is 8.04. The molecule has 2 rings (SSSR count). The average Bonchev–Trinajstić information content (AvgIpc) is 2.61. The van der Waals surface area contributed by atoms with Crippen LogP contribution in [0.25, 0.3) is 11.1 Å². The molecule has 0 saturated heterocycles. The summed E-state index contributed by atoms with van der Waals surface area (Å²) in [6.07, 6.45) is 0. The van der Waals surface area contributed by atoms with Gasteiger partial charge in [0, 0.05) is 11.8 Å². The third-order valence-electron chi connectivity index (χ3n) is 1.91. The highest BCUT2D eigenvalue weighted by atomic mass is 32.2. The first kappa shape index (κ1) is 10.4. The maximum absolute atomic E-state index is 11.5. The van der Waals surface area contributed by atoms with Gasteiger partial charge in [0.05, 0.1) is 6.07 Å². The van der Waals surface area contributed by atoms with Gasteiger partial charge in [0.15, 0.2) is 5.58 Å². The molecule has 0 bridgehead atoms. The molecule has 6 nitrogen and oxygen atoms in total. The molecule has 0 aliphatic carbocycles. The van der Waals surface area contributed by atoms with Crippen LogP contribution in [0.4, 0.5) is 5.69 Å². The van der Waals surface area contributed by atoms with Gasteiger partial charge in [-0.2, -0.15) is 10.2 Å². The molecule has 1 aromatic carbocycles.